The maximum Gasteiger partial charge on any atom is 0.182 e. The first-order valence-corrected chi connectivity index (χ1v) is 10.7. The molecule has 2 heterocycles. The largest absolute Gasteiger partial charge is 0.486 e. The van der Waals surface area contributed by atoms with E-state index < -0.39 is 0 Å². The van der Waals surface area contributed by atoms with Crippen LogP contribution in [0.15, 0.2) is 47.5 Å². The molecule has 0 amide bonds. The van der Waals surface area contributed by atoms with Gasteiger partial charge in [-0.15, -0.1) is 0 Å². The maximum absolute atomic E-state index is 13.1. The van der Waals surface area contributed by atoms with Crippen LogP contribution >= 0.6 is 23.4 Å². The normalized spacial score (nSPS) is 17.9. The first kappa shape index (κ1) is 19.2. The number of benzene rings is 2. The Morgan fingerprint density at radius 3 is 2.64 bits per heavy atom. The topological polar surface area (TPSA) is 51.1 Å². The molecule has 2 aliphatic rings. The van der Waals surface area contributed by atoms with Crippen molar-refractivity contribution in [1.29, 1.82) is 0 Å². The fourth-order valence-electron chi connectivity index (χ4n) is 3.10. The van der Waals surface area contributed by atoms with Crippen molar-refractivity contribution in [3.63, 3.8) is 0 Å². The molecule has 146 valence electrons. The van der Waals surface area contributed by atoms with Gasteiger partial charge in [0.25, 0.3) is 0 Å². The summed E-state index contributed by atoms with van der Waals surface area (Å²) in [5.41, 5.74) is 1.50. The third kappa shape index (κ3) is 4.13. The number of nitrogens with zero attached hydrogens (tertiary/aromatic N) is 2. The number of rotatable bonds is 5. The summed E-state index contributed by atoms with van der Waals surface area (Å²) in [5.74, 6) is 2.23. The summed E-state index contributed by atoms with van der Waals surface area (Å²) in [4.78, 5) is 19.8. The minimum Gasteiger partial charge on any atom is -0.486 e. The van der Waals surface area contributed by atoms with Crippen LogP contribution in [0.1, 0.15) is 23.7 Å². The van der Waals surface area contributed by atoms with E-state index in [1.165, 1.54) is 0 Å². The molecular weight excluding hydrogens is 396 g/mol. The lowest BCUT2D eigenvalue weighted by Crippen LogP contribution is -2.33. The van der Waals surface area contributed by atoms with Crippen LogP contribution < -0.4 is 14.4 Å². The smallest absolute Gasteiger partial charge is 0.182 e. The summed E-state index contributed by atoms with van der Waals surface area (Å²) in [5, 5.41) is 1.54. The number of ether oxygens (including phenoxy) is 2. The Kier molecular flexibility index (Phi) is 5.78. The van der Waals surface area contributed by atoms with Gasteiger partial charge in [0.15, 0.2) is 22.4 Å². The van der Waals surface area contributed by atoms with E-state index >= 15 is 0 Å². The molecular formula is C21H21ClN2O3S. The third-order valence-electron chi connectivity index (χ3n) is 4.70. The van der Waals surface area contributed by atoms with E-state index in [0.29, 0.717) is 41.3 Å². The molecule has 0 fully saturated rings. The quantitative estimate of drug-likeness (QED) is 0.662. The highest BCUT2D eigenvalue weighted by Gasteiger charge is 2.25. The van der Waals surface area contributed by atoms with Crippen molar-refractivity contribution < 1.29 is 14.3 Å². The Labute approximate surface area is 173 Å². The lowest BCUT2D eigenvalue weighted by atomic mass is 10.1. The number of anilines is 1. The Morgan fingerprint density at radius 2 is 1.93 bits per heavy atom. The summed E-state index contributed by atoms with van der Waals surface area (Å²) in [6.45, 7) is 3.35. The molecule has 7 heteroatoms. The van der Waals surface area contributed by atoms with Gasteiger partial charge in [0.2, 0.25) is 0 Å². The Bertz CT molecular complexity index is 901. The van der Waals surface area contributed by atoms with Crippen molar-refractivity contribution >= 4 is 40.0 Å². The second kappa shape index (κ2) is 8.45. The van der Waals surface area contributed by atoms with E-state index in [1.54, 1.807) is 30.0 Å². The number of amidine groups is 1. The van der Waals surface area contributed by atoms with Gasteiger partial charge in [-0.25, -0.2) is 0 Å². The predicted octanol–water partition coefficient (Wildman–Crippen LogP) is 4.68. The average Bonchev–Trinajstić information content (AvgIpc) is 3.21. The number of ketones is 1. The maximum atomic E-state index is 13.1. The fraction of sp³-hybridized carbons (Fsp3) is 0.333. The first-order valence-electron chi connectivity index (χ1n) is 9.30. The van der Waals surface area contributed by atoms with Gasteiger partial charge in [-0.05, 0) is 48.9 Å². The Morgan fingerprint density at radius 1 is 1.18 bits per heavy atom. The first-order chi connectivity index (χ1) is 13.6. The Hall–Kier alpha value is -2.18. The molecule has 5 nitrogen and oxygen atoms in total. The molecule has 0 spiro atoms. The van der Waals surface area contributed by atoms with Crippen LogP contribution in [0, 0.1) is 0 Å². The molecule has 0 aromatic heterocycles. The number of hydrogen-bond acceptors (Lipinski definition) is 6. The summed E-state index contributed by atoms with van der Waals surface area (Å²) in [6.07, 6.45) is 0.987. The molecule has 0 radical (unpaired) electrons. The third-order valence-corrected chi connectivity index (χ3v) is 6.09. The second-order valence-electron chi connectivity index (χ2n) is 6.63. The number of hydrogen-bond donors (Lipinski definition) is 0. The molecule has 28 heavy (non-hydrogen) atoms. The molecule has 0 unspecified atom stereocenters. The number of Topliss-reactive ketones (excluding diaryl/α,β-unsaturated/α-hetero) is 1. The van der Waals surface area contributed by atoms with E-state index in [-0.39, 0.29) is 12.3 Å². The number of thioether (sulfide) groups is 1. The molecule has 2 aliphatic heterocycles. The molecule has 4 rings (SSSR count). The van der Waals surface area contributed by atoms with Crippen molar-refractivity contribution in [3.05, 3.63) is 53.1 Å². The second-order valence-corrected chi connectivity index (χ2v) is 8.05. The molecule has 1 atom stereocenters. The van der Waals surface area contributed by atoms with Crippen molar-refractivity contribution in [2.45, 2.75) is 19.4 Å². The lowest BCUT2D eigenvalue weighted by molar-refractivity contribution is 0.100. The van der Waals surface area contributed by atoms with Crippen LogP contribution in [0.2, 0.25) is 5.02 Å². The van der Waals surface area contributed by atoms with E-state index in [1.807, 2.05) is 29.2 Å². The van der Waals surface area contributed by atoms with Crippen molar-refractivity contribution in [2.24, 2.45) is 4.99 Å². The van der Waals surface area contributed by atoms with E-state index in [4.69, 9.17) is 26.1 Å². The highest BCUT2D eigenvalue weighted by atomic mass is 35.5. The monoisotopic (exact) mass is 416 g/mol. The predicted molar refractivity (Wildman–Crippen MR) is 115 cm³/mol. The fourth-order valence-corrected chi connectivity index (χ4v) is 4.43. The average molecular weight is 417 g/mol. The SMILES string of the molecule is CC[C@H]1CSC(N(CC(=O)c2ccc3c(c2)OCCO3)c2ccc(Cl)cc2)=N1. The number of aliphatic imine (C=N–C) groups is 1. The van der Waals surface area contributed by atoms with Crippen LogP contribution in [-0.4, -0.2) is 42.5 Å². The number of fused-ring (bicyclic) bond motifs is 1. The molecule has 0 saturated heterocycles. The van der Waals surface area contributed by atoms with Crippen molar-refractivity contribution in [2.75, 3.05) is 30.4 Å². The number of carbonyl (C=O) groups excluding carboxylic acids is 1. The van der Waals surface area contributed by atoms with Crippen LogP contribution in [0.3, 0.4) is 0 Å². The van der Waals surface area contributed by atoms with E-state index in [0.717, 1.165) is 23.0 Å². The van der Waals surface area contributed by atoms with Gasteiger partial charge < -0.3 is 14.4 Å². The summed E-state index contributed by atoms with van der Waals surface area (Å²) >= 11 is 7.73. The van der Waals surface area contributed by atoms with Gasteiger partial charge in [-0.2, -0.15) is 0 Å². The zero-order valence-electron chi connectivity index (χ0n) is 15.6. The molecule has 0 saturated carbocycles. The molecule has 0 N–H and O–H groups in total. The van der Waals surface area contributed by atoms with Crippen LogP contribution in [0.25, 0.3) is 0 Å². The zero-order chi connectivity index (χ0) is 19.5. The van der Waals surface area contributed by atoms with E-state index in [9.17, 15) is 4.79 Å². The van der Waals surface area contributed by atoms with Crippen molar-refractivity contribution in [1.82, 2.24) is 0 Å². The molecule has 0 aliphatic carbocycles. The number of carbonyl (C=O) groups is 1. The summed E-state index contributed by atoms with van der Waals surface area (Å²) < 4.78 is 11.2. The Balaban J connectivity index is 1.60. The number of halogens is 1. The van der Waals surface area contributed by atoms with Gasteiger partial charge in [0.05, 0.1) is 12.6 Å². The zero-order valence-corrected chi connectivity index (χ0v) is 17.1. The van der Waals surface area contributed by atoms with Crippen LogP contribution in [-0.2, 0) is 0 Å². The van der Waals surface area contributed by atoms with Gasteiger partial charge in [0.1, 0.15) is 13.2 Å². The van der Waals surface area contributed by atoms with Gasteiger partial charge in [-0.1, -0.05) is 30.3 Å². The molecule has 2 aromatic carbocycles. The molecule has 0 bridgehead atoms. The van der Waals surface area contributed by atoms with Gasteiger partial charge >= 0.3 is 0 Å². The van der Waals surface area contributed by atoms with Crippen LogP contribution in [0.4, 0.5) is 5.69 Å². The standard InChI is InChI=1S/C21H21ClN2O3S/c1-2-16-13-28-21(23-16)24(17-6-4-15(22)5-7-17)12-18(25)14-3-8-19-20(11-14)27-10-9-26-19/h3-8,11,16H,2,9-10,12-13H2,1H3/t16-/m0/s1. The minimum absolute atomic E-state index is 0.00447. The van der Waals surface area contributed by atoms with Crippen molar-refractivity contribution in [3.8, 4) is 11.5 Å². The minimum atomic E-state index is -0.00447. The van der Waals surface area contributed by atoms with E-state index in [2.05, 4.69) is 6.92 Å². The molecule has 2 aromatic rings. The highest BCUT2D eigenvalue weighted by Crippen LogP contribution is 2.32. The van der Waals surface area contributed by atoms with Crippen LogP contribution in [0.5, 0.6) is 11.5 Å². The lowest BCUT2D eigenvalue weighted by Gasteiger charge is -2.24. The van der Waals surface area contributed by atoms with Gasteiger partial charge in [0, 0.05) is 22.0 Å². The van der Waals surface area contributed by atoms with Gasteiger partial charge in [-0.3, -0.25) is 9.79 Å². The highest BCUT2D eigenvalue weighted by molar-refractivity contribution is 8.14. The summed E-state index contributed by atoms with van der Waals surface area (Å²) in [7, 11) is 0. The summed E-state index contributed by atoms with van der Waals surface area (Å²) in [6, 6.07) is 13.1.